The quantitative estimate of drug-likeness (QED) is 0.0356. The highest BCUT2D eigenvalue weighted by Crippen LogP contribution is 2.22. The molecule has 55 heavy (non-hydrogen) atoms. The standard InChI is InChI=1S/C46H87NO7S/c1-5-8-11-14-17-20-21-22-23-26-27-30-33-36-42(48)47-41(45(51)52)39-55-40(4)46(53-43(49)37-34-31-28-24-18-15-12-9-6-2)54-44(50)38-35-32-29-25-19-16-13-10-7-3/h40-41,46H,5-39H2,1-4H3,(H,47,48)(H,51,52)/t40-,41+/m1/s1. The van der Waals surface area contributed by atoms with Crippen LogP contribution in [0.1, 0.15) is 246 Å². The summed E-state index contributed by atoms with van der Waals surface area (Å²) in [5.74, 6) is -2.11. The van der Waals surface area contributed by atoms with Crippen LogP contribution in [-0.2, 0) is 28.7 Å². The maximum Gasteiger partial charge on any atom is 0.327 e. The number of carboxylic acids is 1. The summed E-state index contributed by atoms with van der Waals surface area (Å²) < 4.78 is 11.4. The molecule has 0 aromatic carbocycles. The number of amides is 1. The third-order valence-corrected chi connectivity index (χ3v) is 11.8. The second-order valence-electron chi connectivity index (χ2n) is 16.0. The summed E-state index contributed by atoms with van der Waals surface area (Å²) in [6.45, 7) is 8.47. The lowest BCUT2D eigenvalue weighted by Gasteiger charge is -2.25. The number of rotatable bonds is 42. The molecular weight excluding hydrogens is 711 g/mol. The van der Waals surface area contributed by atoms with E-state index in [1.54, 1.807) is 6.92 Å². The Kier molecular flexibility index (Phi) is 39.1. The molecule has 0 radical (unpaired) electrons. The van der Waals surface area contributed by atoms with E-state index in [0.717, 1.165) is 57.8 Å². The van der Waals surface area contributed by atoms with Crippen molar-refractivity contribution in [2.24, 2.45) is 0 Å². The first-order chi connectivity index (χ1) is 26.7. The van der Waals surface area contributed by atoms with Crippen LogP contribution < -0.4 is 5.32 Å². The van der Waals surface area contributed by atoms with Crippen LogP contribution in [0.5, 0.6) is 0 Å². The monoisotopic (exact) mass is 798 g/mol. The van der Waals surface area contributed by atoms with Crippen LogP contribution in [0.2, 0.25) is 0 Å². The molecule has 324 valence electrons. The van der Waals surface area contributed by atoms with Gasteiger partial charge in [-0.05, 0) is 26.2 Å². The van der Waals surface area contributed by atoms with E-state index in [1.807, 2.05) is 0 Å². The molecule has 0 aromatic rings. The zero-order chi connectivity index (χ0) is 40.6. The van der Waals surface area contributed by atoms with Crippen LogP contribution in [0.25, 0.3) is 0 Å². The van der Waals surface area contributed by atoms with E-state index >= 15 is 0 Å². The Morgan fingerprint density at radius 3 is 1.07 bits per heavy atom. The van der Waals surface area contributed by atoms with E-state index in [2.05, 4.69) is 26.1 Å². The molecule has 1 amide bonds. The molecule has 0 aliphatic rings. The van der Waals surface area contributed by atoms with Crippen molar-refractivity contribution < 1.29 is 33.8 Å². The Hall–Kier alpha value is -1.77. The SMILES string of the molecule is CCCCCCCCCCCCCCCC(=O)N[C@@H](CS[C@H](C)C(OC(=O)CCCCCCCCCCC)OC(=O)CCCCCCCCCCC)C(=O)O. The molecule has 0 aliphatic heterocycles. The smallest absolute Gasteiger partial charge is 0.327 e. The lowest BCUT2D eigenvalue weighted by molar-refractivity contribution is -0.187. The number of hydrogen-bond acceptors (Lipinski definition) is 7. The molecule has 9 heteroatoms. The van der Waals surface area contributed by atoms with Crippen molar-refractivity contribution in [3.63, 3.8) is 0 Å². The van der Waals surface area contributed by atoms with Gasteiger partial charge in [0.1, 0.15) is 6.04 Å². The largest absolute Gasteiger partial charge is 0.480 e. The van der Waals surface area contributed by atoms with Crippen molar-refractivity contribution in [2.75, 3.05) is 5.75 Å². The highest BCUT2D eigenvalue weighted by atomic mass is 32.2. The van der Waals surface area contributed by atoms with Crippen molar-refractivity contribution in [1.82, 2.24) is 5.32 Å². The Balaban J connectivity index is 4.72. The van der Waals surface area contributed by atoms with Gasteiger partial charge in [0.05, 0.1) is 5.25 Å². The van der Waals surface area contributed by atoms with Gasteiger partial charge >= 0.3 is 17.9 Å². The van der Waals surface area contributed by atoms with Crippen molar-refractivity contribution in [2.45, 2.75) is 264 Å². The fourth-order valence-corrected chi connectivity index (χ4v) is 7.81. The fourth-order valence-electron chi connectivity index (χ4n) is 6.82. The molecule has 0 fully saturated rings. The number of carboxylic acid groups (broad SMARTS) is 1. The van der Waals surface area contributed by atoms with Gasteiger partial charge in [-0.25, -0.2) is 4.79 Å². The summed E-state index contributed by atoms with van der Waals surface area (Å²) in [5.41, 5.74) is 0. The van der Waals surface area contributed by atoms with Gasteiger partial charge in [-0.1, -0.05) is 201 Å². The van der Waals surface area contributed by atoms with Gasteiger partial charge in [-0.2, -0.15) is 0 Å². The van der Waals surface area contributed by atoms with Gasteiger partial charge < -0.3 is 19.9 Å². The van der Waals surface area contributed by atoms with E-state index in [9.17, 15) is 24.3 Å². The van der Waals surface area contributed by atoms with Gasteiger partial charge in [0, 0.05) is 25.0 Å². The number of nitrogens with one attached hydrogen (secondary N) is 1. The van der Waals surface area contributed by atoms with E-state index in [1.165, 1.54) is 153 Å². The maximum atomic E-state index is 12.9. The molecule has 2 N–H and O–H groups in total. The molecule has 0 heterocycles. The molecule has 0 saturated heterocycles. The van der Waals surface area contributed by atoms with Gasteiger partial charge in [0.15, 0.2) is 0 Å². The van der Waals surface area contributed by atoms with Crippen LogP contribution in [0.4, 0.5) is 0 Å². The minimum atomic E-state index is -1.11. The molecule has 0 rings (SSSR count). The number of unbranched alkanes of at least 4 members (excludes halogenated alkanes) is 28. The zero-order valence-corrected chi connectivity index (χ0v) is 37.1. The Labute approximate surface area is 343 Å². The van der Waals surface area contributed by atoms with Gasteiger partial charge in [-0.15, -0.1) is 11.8 Å². The molecule has 0 aliphatic carbocycles. The third kappa shape index (κ3) is 36.3. The minimum Gasteiger partial charge on any atom is -0.480 e. The lowest BCUT2D eigenvalue weighted by atomic mass is 10.0. The molecule has 8 nitrogen and oxygen atoms in total. The average Bonchev–Trinajstić information content (AvgIpc) is 3.16. The average molecular weight is 798 g/mol. The summed E-state index contributed by atoms with van der Waals surface area (Å²) in [7, 11) is 0. The van der Waals surface area contributed by atoms with Gasteiger partial charge in [0.2, 0.25) is 5.91 Å². The molecule has 2 atom stereocenters. The lowest BCUT2D eigenvalue weighted by Crippen LogP contribution is -2.43. The van der Waals surface area contributed by atoms with Crippen LogP contribution >= 0.6 is 11.8 Å². The predicted octanol–water partition coefficient (Wildman–Crippen LogP) is 13.4. The van der Waals surface area contributed by atoms with Crippen molar-refractivity contribution in [1.29, 1.82) is 0 Å². The number of thioether (sulfide) groups is 1. The van der Waals surface area contributed by atoms with Crippen LogP contribution in [0, 0.1) is 0 Å². The van der Waals surface area contributed by atoms with Crippen LogP contribution in [0.3, 0.4) is 0 Å². The fraction of sp³-hybridized carbons (Fsp3) is 0.913. The number of carbonyl (C=O) groups excluding carboxylic acids is 3. The Morgan fingerprint density at radius 2 is 0.764 bits per heavy atom. The summed E-state index contributed by atoms with van der Waals surface area (Å²) >= 11 is 1.23. The van der Waals surface area contributed by atoms with Gasteiger partial charge in [-0.3, -0.25) is 14.4 Å². The number of carbonyl (C=O) groups is 4. The first-order valence-corrected chi connectivity index (χ1v) is 24.3. The van der Waals surface area contributed by atoms with E-state index in [0.29, 0.717) is 6.42 Å². The van der Waals surface area contributed by atoms with Gasteiger partial charge in [0.25, 0.3) is 6.29 Å². The molecule has 0 spiro atoms. The highest BCUT2D eigenvalue weighted by Gasteiger charge is 2.29. The first kappa shape index (κ1) is 53.2. The molecule has 0 unspecified atom stereocenters. The summed E-state index contributed by atoms with van der Waals surface area (Å²) in [6, 6.07) is -1.09. The van der Waals surface area contributed by atoms with Crippen LogP contribution in [-0.4, -0.2) is 52.3 Å². The second kappa shape index (κ2) is 40.4. The Bertz CT molecular complexity index is 881. The Morgan fingerprint density at radius 1 is 0.473 bits per heavy atom. The summed E-state index contributed by atoms with van der Waals surface area (Å²) in [5, 5.41) is 12.1. The third-order valence-electron chi connectivity index (χ3n) is 10.5. The van der Waals surface area contributed by atoms with E-state index in [-0.39, 0.29) is 24.5 Å². The summed E-state index contributed by atoms with van der Waals surface area (Å²) in [6.07, 6.45) is 36.1. The second-order valence-corrected chi connectivity index (χ2v) is 17.4. The number of hydrogen-bond donors (Lipinski definition) is 2. The normalized spacial score (nSPS) is 12.5. The van der Waals surface area contributed by atoms with E-state index < -0.39 is 35.5 Å². The number of ether oxygens (including phenoxy) is 2. The first-order valence-electron chi connectivity index (χ1n) is 23.3. The predicted molar refractivity (Wildman–Crippen MR) is 231 cm³/mol. The van der Waals surface area contributed by atoms with Crippen molar-refractivity contribution in [3.05, 3.63) is 0 Å². The maximum absolute atomic E-state index is 12.9. The van der Waals surface area contributed by atoms with Crippen molar-refractivity contribution >= 4 is 35.6 Å². The molecular formula is C46H87NO7S. The number of esters is 2. The molecule has 0 saturated carbocycles. The summed E-state index contributed by atoms with van der Waals surface area (Å²) in [4.78, 5) is 50.5. The van der Waals surface area contributed by atoms with E-state index in [4.69, 9.17) is 9.47 Å². The molecule has 0 aromatic heterocycles. The van der Waals surface area contributed by atoms with Crippen LogP contribution in [0.15, 0.2) is 0 Å². The minimum absolute atomic E-state index is 0.0724. The zero-order valence-electron chi connectivity index (χ0n) is 36.3. The molecule has 0 bridgehead atoms. The highest BCUT2D eigenvalue weighted by molar-refractivity contribution is 8.00. The topological polar surface area (TPSA) is 119 Å². The number of aliphatic carboxylic acids is 1. The van der Waals surface area contributed by atoms with Crippen molar-refractivity contribution in [3.8, 4) is 0 Å².